The summed E-state index contributed by atoms with van der Waals surface area (Å²) in [6.07, 6.45) is 2.15. The highest BCUT2D eigenvalue weighted by Crippen LogP contribution is 2.39. The smallest absolute Gasteiger partial charge is 0.226 e. The summed E-state index contributed by atoms with van der Waals surface area (Å²) in [6, 6.07) is 21.9. The number of nitrogens with zero attached hydrogens (tertiary/aromatic N) is 3. The third kappa shape index (κ3) is 3.82. The molecule has 1 aliphatic rings. The number of para-hydroxylation sites is 1. The molecule has 168 valence electrons. The molecular formula is C26H19FN4O2S. The Morgan fingerprint density at radius 1 is 1.06 bits per heavy atom. The second kappa shape index (κ2) is 8.39. The summed E-state index contributed by atoms with van der Waals surface area (Å²) < 4.78 is 21.7. The third-order valence-corrected chi connectivity index (χ3v) is 6.90. The fourth-order valence-electron chi connectivity index (χ4n) is 4.16. The number of aromatic nitrogens is 3. The van der Waals surface area contributed by atoms with Gasteiger partial charge in [-0.05, 0) is 47.5 Å². The second-order valence-electron chi connectivity index (χ2n) is 8.11. The van der Waals surface area contributed by atoms with Crippen molar-refractivity contribution in [3.8, 4) is 10.9 Å². The number of ether oxygens (including phenoxy) is 1. The van der Waals surface area contributed by atoms with E-state index in [2.05, 4.69) is 15.4 Å². The lowest BCUT2D eigenvalue weighted by molar-refractivity contribution is -0.116. The molecule has 34 heavy (non-hydrogen) atoms. The molecule has 1 N–H and O–H groups in total. The van der Waals surface area contributed by atoms with Crippen LogP contribution in [0.15, 0.2) is 79.0 Å². The summed E-state index contributed by atoms with van der Waals surface area (Å²) in [5.41, 5.74) is 3.76. The SMILES string of the molecule is O=C1C[C@@H](c2ccc(OCc3ccc(F)cc3)cc2)c2cnn(-c3nc4ccccc4s3)c2N1. The van der Waals surface area contributed by atoms with Gasteiger partial charge < -0.3 is 10.1 Å². The highest BCUT2D eigenvalue weighted by atomic mass is 32.1. The van der Waals surface area contributed by atoms with Gasteiger partial charge in [0.2, 0.25) is 11.0 Å². The Balaban J connectivity index is 1.25. The lowest BCUT2D eigenvalue weighted by atomic mass is 9.87. The molecule has 0 fully saturated rings. The average Bonchev–Trinajstić information content (AvgIpc) is 3.47. The van der Waals surface area contributed by atoms with Crippen LogP contribution in [0.5, 0.6) is 5.75 Å². The monoisotopic (exact) mass is 470 g/mol. The number of hydrogen-bond donors (Lipinski definition) is 1. The molecule has 1 atom stereocenters. The van der Waals surface area contributed by atoms with Crippen LogP contribution < -0.4 is 10.1 Å². The number of benzene rings is 3. The van der Waals surface area contributed by atoms with Crippen LogP contribution in [0.2, 0.25) is 0 Å². The highest BCUT2D eigenvalue weighted by Gasteiger charge is 2.31. The molecule has 6 rings (SSSR count). The minimum absolute atomic E-state index is 0.0583. The number of carbonyl (C=O) groups is 1. The molecule has 1 aliphatic heterocycles. The van der Waals surface area contributed by atoms with Crippen LogP contribution in [-0.4, -0.2) is 20.7 Å². The predicted octanol–water partition coefficient (Wildman–Crippen LogP) is 5.67. The Bertz CT molecular complexity index is 1460. The van der Waals surface area contributed by atoms with Crippen molar-refractivity contribution >= 4 is 33.3 Å². The maximum Gasteiger partial charge on any atom is 0.226 e. The molecule has 0 saturated carbocycles. The van der Waals surface area contributed by atoms with E-state index in [1.807, 2.05) is 54.7 Å². The number of fused-ring (bicyclic) bond motifs is 2. The van der Waals surface area contributed by atoms with E-state index in [1.54, 1.807) is 16.8 Å². The van der Waals surface area contributed by atoms with E-state index >= 15 is 0 Å². The van der Waals surface area contributed by atoms with Crippen molar-refractivity contribution in [1.82, 2.24) is 14.8 Å². The van der Waals surface area contributed by atoms with Crippen molar-refractivity contribution in [3.05, 3.63) is 102 Å². The molecule has 0 aliphatic carbocycles. The van der Waals surface area contributed by atoms with E-state index in [0.717, 1.165) is 26.9 Å². The van der Waals surface area contributed by atoms with Crippen molar-refractivity contribution in [3.63, 3.8) is 0 Å². The van der Waals surface area contributed by atoms with Gasteiger partial charge in [0.05, 0.1) is 16.4 Å². The highest BCUT2D eigenvalue weighted by molar-refractivity contribution is 7.20. The quantitative estimate of drug-likeness (QED) is 0.359. The van der Waals surface area contributed by atoms with Gasteiger partial charge in [-0.15, -0.1) is 0 Å². The lowest BCUT2D eigenvalue weighted by Crippen LogP contribution is -2.24. The molecule has 5 aromatic rings. The molecule has 3 heterocycles. The first-order valence-corrected chi connectivity index (χ1v) is 11.7. The van der Waals surface area contributed by atoms with Gasteiger partial charge in [0.25, 0.3) is 0 Å². The zero-order valence-electron chi connectivity index (χ0n) is 17.9. The number of rotatable bonds is 5. The van der Waals surface area contributed by atoms with Gasteiger partial charge >= 0.3 is 0 Å². The maximum absolute atomic E-state index is 13.1. The van der Waals surface area contributed by atoms with Crippen LogP contribution in [0, 0.1) is 5.82 Å². The van der Waals surface area contributed by atoms with Gasteiger partial charge in [-0.3, -0.25) is 4.79 Å². The van der Waals surface area contributed by atoms with Crippen LogP contribution in [0.1, 0.15) is 29.0 Å². The largest absolute Gasteiger partial charge is 0.489 e. The second-order valence-corrected chi connectivity index (χ2v) is 9.12. The van der Waals surface area contributed by atoms with E-state index in [1.165, 1.54) is 23.5 Å². The van der Waals surface area contributed by atoms with Crippen molar-refractivity contribution in [2.45, 2.75) is 18.9 Å². The molecule has 3 aromatic carbocycles. The van der Waals surface area contributed by atoms with E-state index < -0.39 is 0 Å². The van der Waals surface area contributed by atoms with Crippen LogP contribution in [0.3, 0.4) is 0 Å². The Hall–Kier alpha value is -4.04. The summed E-state index contributed by atoms with van der Waals surface area (Å²) in [4.78, 5) is 17.3. The van der Waals surface area contributed by atoms with Gasteiger partial charge in [0, 0.05) is 17.9 Å². The van der Waals surface area contributed by atoms with Gasteiger partial charge in [-0.1, -0.05) is 47.7 Å². The summed E-state index contributed by atoms with van der Waals surface area (Å²) in [5, 5.41) is 8.26. The number of amides is 1. The van der Waals surface area contributed by atoms with Gasteiger partial charge in [-0.2, -0.15) is 9.78 Å². The van der Waals surface area contributed by atoms with Crippen LogP contribution in [0.4, 0.5) is 10.2 Å². The fraction of sp³-hybridized carbons (Fsp3) is 0.115. The zero-order chi connectivity index (χ0) is 23.1. The molecule has 0 bridgehead atoms. The molecule has 0 unspecified atom stereocenters. The molecule has 0 spiro atoms. The molecule has 8 heteroatoms. The number of anilines is 1. The Labute approximate surface area is 198 Å². The normalized spacial score (nSPS) is 15.2. The van der Waals surface area contributed by atoms with Crippen LogP contribution in [0.25, 0.3) is 15.3 Å². The van der Waals surface area contributed by atoms with E-state index in [0.29, 0.717) is 29.7 Å². The fourth-order valence-corrected chi connectivity index (χ4v) is 5.09. The molecule has 6 nitrogen and oxygen atoms in total. The van der Waals surface area contributed by atoms with Crippen molar-refractivity contribution < 1.29 is 13.9 Å². The van der Waals surface area contributed by atoms with E-state index in [9.17, 15) is 9.18 Å². The van der Waals surface area contributed by atoms with Crippen LogP contribution in [-0.2, 0) is 11.4 Å². The summed E-state index contributed by atoms with van der Waals surface area (Å²) >= 11 is 1.53. The number of hydrogen-bond acceptors (Lipinski definition) is 5. The van der Waals surface area contributed by atoms with Crippen molar-refractivity contribution in [2.75, 3.05) is 5.32 Å². The first-order chi connectivity index (χ1) is 16.6. The zero-order valence-corrected chi connectivity index (χ0v) is 18.8. The van der Waals surface area contributed by atoms with Gasteiger partial charge in [0.1, 0.15) is 24.0 Å². The molecule has 2 aromatic heterocycles. The summed E-state index contributed by atoms with van der Waals surface area (Å²) in [5.74, 6) is 0.932. The molecule has 1 amide bonds. The third-order valence-electron chi connectivity index (χ3n) is 5.89. The lowest BCUT2D eigenvalue weighted by Gasteiger charge is -2.23. The van der Waals surface area contributed by atoms with Crippen molar-refractivity contribution in [2.24, 2.45) is 0 Å². The van der Waals surface area contributed by atoms with E-state index in [-0.39, 0.29) is 17.6 Å². The molecule has 0 radical (unpaired) electrons. The minimum Gasteiger partial charge on any atom is -0.489 e. The number of halogens is 1. The minimum atomic E-state index is -0.268. The topological polar surface area (TPSA) is 69.0 Å². The molecule has 0 saturated heterocycles. The molecular weight excluding hydrogens is 451 g/mol. The Kier molecular flexibility index (Phi) is 5.07. The maximum atomic E-state index is 13.1. The average molecular weight is 471 g/mol. The van der Waals surface area contributed by atoms with E-state index in [4.69, 9.17) is 4.74 Å². The first-order valence-electron chi connectivity index (χ1n) is 10.8. The summed E-state index contributed by atoms with van der Waals surface area (Å²) in [6.45, 7) is 0.352. The van der Waals surface area contributed by atoms with Gasteiger partial charge in [-0.25, -0.2) is 9.37 Å². The number of carbonyl (C=O) groups excluding carboxylic acids is 1. The summed E-state index contributed by atoms with van der Waals surface area (Å²) in [7, 11) is 0. The number of thiazole rings is 1. The standard InChI is InChI=1S/C26H19FN4O2S/c27-18-9-5-16(6-10-18)15-33-19-11-7-17(8-12-19)20-13-24(32)30-25-21(20)14-28-31(25)26-29-22-3-1-2-4-23(22)34-26/h1-12,14,20H,13,15H2,(H,30,32)/t20-/m0/s1. The van der Waals surface area contributed by atoms with Gasteiger partial charge in [0.15, 0.2) is 0 Å². The first kappa shape index (κ1) is 20.6. The van der Waals surface area contributed by atoms with Crippen molar-refractivity contribution in [1.29, 1.82) is 0 Å². The Morgan fingerprint density at radius 3 is 2.65 bits per heavy atom. The van der Waals surface area contributed by atoms with Crippen LogP contribution >= 0.6 is 11.3 Å². The number of nitrogens with one attached hydrogen (secondary N) is 1. The Morgan fingerprint density at radius 2 is 1.85 bits per heavy atom. The predicted molar refractivity (Wildman–Crippen MR) is 129 cm³/mol.